The number of aliphatic hydroxyl groups is 1. The number of carbonyl (C=O) groups is 1. The second kappa shape index (κ2) is 6.83. The normalized spacial score (nSPS) is 26.3. The van der Waals surface area contributed by atoms with E-state index in [2.05, 4.69) is 0 Å². The standard InChI is InChI=1S/C12H22O3/c1-2-15-12(14)5-3-4-10-6-8-11(13)9-7-10/h10-11,13H,2-9H2,1H3. The zero-order valence-electron chi connectivity index (χ0n) is 9.58. The predicted octanol–water partition coefficient (Wildman–Crippen LogP) is 2.27. The first kappa shape index (κ1) is 12.5. The van der Waals surface area contributed by atoms with Crippen LogP contribution in [0.15, 0.2) is 0 Å². The molecule has 0 radical (unpaired) electrons. The van der Waals surface area contributed by atoms with Gasteiger partial charge in [0.1, 0.15) is 0 Å². The highest BCUT2D eigenvalue weighted by Crippen LogP contribution is 2.28. The Hall–Kier alpha value is -0.570. The monoisotopic (exact) mass is 214 g/mol. The maximum atomic E-state index is 11.1. The maximum absolute atomic E-state index is 11.1. The van der Waals surface area contributed by atoms with E-state index in [-0.39, 0.29) is 12.1 Å². The largest absolute Gasteiger partial charge is 0.466 e. The van der Waals surface area contributed by atoms with Crippen molar-refractivity contribution in [2.75, 3.05) is 6.61 Å². The van der Waals surface area contributed by atoms with Crippen LogP contribution in [0.5, 0.6) is 0 Å². The zero-order chi connectivity index (χ0) is 11.1. The van der Waals surface area contributed by atoms with Crippen molar-refractivity contribution in [3.05, 3.63) is 0 Å². The summed E-state index contributed by atoms with van der Waals surface area (Å²) in [6.07, 6.45) is 6.60. The van der Waals surface area contributed by atoms with Gasteiger partial charge in [0.05, 0.1) is 12.7 Å². The van der Waals surface area contributed by atoms with E-state index < -0.39 is 0 Å². The van der Waals surface area contributed by atoms with Crippen LogP contribution in [0, 0.1) is 5.92 Å². The second-order valence-corrected chi connectivity index (χ2v) is 4.37. The van der Waals surface area contributed by atoms with Gasteiger partial charge in [0.2, 0.25) is 0 Å². The maximum Gasteiger partial charge on any atom is 0.305 e. The first-order valence-corrected chi connectivity index (χ1v) is 6.06. The molecule has 1 rings (SSSR count). The van der Waals surface area contributed by atoms with E-state index >= 15 is 0 Å². The van der Waals surface area contributed by atoms with E-state index in [1.54, 1.807) is 0 Å². The molecule has 1 fully saturated rings. The lowest BCUT2D eigenvalue weighted by atomic mass is 9.84. The molecule has 1 aliphatic carbocycles. The molecule has 0 aromatic heterocycles. The third-order valence-corrected chi connectivity index (χ3v) is 3.11. The molecule has 0 aliphatic heterocycles. The molecule has 15 heavy (non-hydrogen) atoms. The van der Waals surface area contributed by atoms with E-state index in [4.69, 9.17) is 4.74 Å². The van der Waals surface area contributed by atoms with Gasteiger partial charge in [0, 0.05) is 6.42 Å². The second-order valence-electron chi connectivity index (χ2n) is 4.37. The lowest BCUT2D eigenvalue weighted by Crippen LogP contribution is -2.18. The summed E-state index contributed by atoms with van der Waals surface area (Å²) in [5, 5.41) is 9.34. The first-order chi connectivity index (χ1) is 7.22. The summed E-state index contributed by atoms with van der Waals surface area (Å²) in [4.78, 5) is 11.1. The van der Waals surface area contributed by atoms with Gasteiger partial charge >= 0.3 is 5.97 Å². The molecule has 0 aromatic carbocycles. The fourth-order valence-electron chi connectivity index (χ4n) is 2.20. The molecule has 0 spiro atoms. The van der Waals surface area contributed by atoms with Crippen LogP contribution in [0.25, 0.3) is 0 Å². The minimum absolute atomic E-state index is 0.0756. The number of hydrogen-bond donors (Lipinski definition) is 1. The minimum Gasteiger partial charge on any atom is -0.466 e. The van der Waals surface area contributed by atoms with Gasteiger partial charge in [0.15, 0.2) is 0 Å². The Labute approximate surface area is 91.8 Å². The Morgan fingerprint density at radius 1 is 1.33 bits per heavy atom. The quantitative estimate of drug-likeness (QED) is 0.714. The molecule has 0 amide bonds. The van der Waals surface area contributed by atoms with Crippen molar-refractivity contribution in [3.8, 4) is 0 Å². The molecule has 0 atom stereocenters. The van der Waals surface area contributed by atoms with Crippen LogP contribution in [0.3, 0.4) is 0 Å². The van der Waals surface area contributed by atoms with Crippen LogP contribution in [-0.2, 0) is 9.53 Å². The van der Waals surface area contributed by atoms with Gasteiger partial charge in [0.25, 0.3) is 0 Å². The molecule has 0 heterocycles. The average molecular weight is 214 g/mol. The molecule has 1 saturated carbocycles. The Balaban J connectivity index is 2.02. The lowest BCUT2D eigenvalue weighted by Gasteiger charge is -2.25. The predicted molar refractivity (Wildman–Crippen MR) is 58.4 cm³/mol. The van der Waals surface area contributed by atoms with Crippen molar-refractivity contribution in [2.24, 2.45) is 5.92 Å². The molecule has 0 saturated heterocycles. The summed E-state index contributed by atoms with van der Waals surface area (Å²) in [7, 11) is 0. The van der Waals surface area contributed by atoms with E-state index in [0.717, 1.165) is 38.5 Å². The van der Waals surface area contributed by atoms with Crippen LogP contribution in [-0.4, -0.2) is 23.8 Å². The van der Waals surface area contributed by atoms with Crippen molar-refractivity contribution < 1.29 is 14.6 Å². The van der Waals surface area contributed by atoms with Gasteiger partial charge in [-0.25, -0.2) is 0 Å². The van der Waals surface area contributed by atoms with E-state index in [1.807, 2.05) is 6.92 Å². The Kier molecular flexibility index (Phi) is 5.69. The number of hydrogen-bond acceptors (Lipinski definition) is 3. The summed E-state index contributed by atoms with van der Waals surface area (Å²) >= 11 is 0. The summed E-state index contributed by atoms with van der Waals surface area (Å²) in [5.74, 6) is 0.635. The van der Waals surface area contributed by atoms with Crippen LogP contribution in [0.4, 0.5) is 0 Å². The molecule has 3 nitrogen and oxygen atoms in total. The van der Waals surface area contributed by atoms with Crippen LogP contribution in [0.1, 0.15) is 51.9 Å². The van der Waals surface area contributed by atoms with Gasteiger partial charge in [-0.15, -0.1) is 0 Å². The number of esters is 1. The van der Waals surface area contributed by atoms with Gasteiger partial charge in [-0.3, -0.25) is 4.79 Å². The van der Waals surface area contributed by atoms with E-state index in [9.17, 15) is 9.90 Å². The average Bonchev–Trinajstić information content (AvgIpc) is 2.21. The van der Waals surface area contributed by atoms with Crippen LogP contribution >= 0.6 is 0 Å². The zero-order valence-corrected chi connectivity index (χ0v) is 9.58. The Bertz CT molecular complexity index is 183. The molecule has 0 aromatic rings. The lowest BCUT2D eigenvalue weighted by molar-refractivity contribution is -0.143. The van der Waals surface area contributed by atoms with E-state index in [0.29, 0.717) is 18.9 Å². The number of aliphatic hydroxyl groups excluding tert-OH is 1. The van der Waals surface area contributed by atoms with Crippen molar-refractivity contribution in [1.29, 1.82) is 0 Å². The highest BCUT2D eigenvalue weighted by Gasteiger charge is 2.19. The number of ether oxygens (including phenoxy) is 1. The summed E-state index contributed by atoms with van der Waals surface area (Å²) in [6.45, 7) is 2.31. The number of rotatable bonds is 5. The Morgan fingerprint density at radius 2 is 2.00 bits per heavy atom. The minimum atomic E-state index is -0.0775. The highest BCUT2D eigenvalue weighted by molar-refractivity contribution is 5.69. The summed E-state index contributed by atoms with van der Waals surface area (Å²) in [5.41, 5.74) is 0. The summed E-state index contributed by atoms with van der Waals surface area (Å²) in [6, 6.07) is 0. The molecule has 3 heteroatoms. The number of carbonyl (C=O) groups excluding carboxylic acids is 1. The first-order valence-electron chi connectivity index (χ1n) is 6.06. The van der Waals surface area contributed by atoms with Gasteiger partial charge in [-0.2, -0.15) is 0 Å². The summed E-state index contributed by atoms with van der Waals surface area (Å²) < 4.78 is 4.87. The third-order valence-electron chi connectivity index (χ3n) is 3.11. The SMILES string of the molecule is CCOC(=O)CCCC1CCC(O)CC1. The van der Waals surface area contributed by atoms with Crippen molar-refractivity contribution in [1.82, 2.24) is 0 Å². The topological polar surface area (TPSA) is 46.5 Å². The molecule has 88 valence electrons. The van der Waals surface area contributed by atoms with Crippen molar-refractivity contribution >= 4 is 5.97 Å². The van der Waals surface area contributed by atoms with Crippen LogP contribution in [0.2, 0.25) is 0 Å². The Morgan fingerprint density at radius 3 is 2.60 bits per heavy atom. The molecular weight excluding hydrogens is 192 g/mol. The van der Waals surface area contributed by atoms with Gasteiger partial charge in [-0.05, 0) is 51.4 Å². The molecule has 1 aliphatic rings. The van der Waals surface area contributed by atoms with Gasteiger partial charge < -0.3 is 9.84 Å². The van der Waals surface area contributed by atoms with E-state index in [1.165, 1.54) is 0 Å². The molecule has 0 bridgehead atoms. The van der Waals surface area contributed by atoms with Crippen molar-refractivity contribution in [3.63, 3.8) is 0 Å². The highest BCUT2D eigenvalue weighted by atomic mass is 16.5. The van der Waals surface area contributed by atoms with Gasteiger partial charge in [-0.1, -0.05) is 0 Å². The smallest absolute Gasteiger partial charge is 0.305 e. The molecular formula is C12H22O3. The molecule has 0 unspecified atom stereocenters. The fourth-order valence-corrected chi connectivity index (χ4v) is 2.20. The van der Waals surface area contributed by atoms with Crippen LogP contribution < -0.4 is 0 Å². The van der Waals surface area contributed by atoms with Crippen molar-refractivity contribution in [2.45, 2.75) is 58.0 Å². The molecule has 1 N–H and O–H groups in total. The third kappa shape index (κ3) is 5.17. The fraction of sp³-hybridized carbons (Fsp3) is 0.917.